The molecule has 106 valence electrons. The highest BCUT2D eigenvalue weighted by Gasteiger charge is 2.27. The number of hydrogen-bond donors (Lipinski definition) is 1. The first-order valence-corrected chi connectivity index (χ1v) is 6.89. The fourth-order valence-electron chi connectivity index (χ4n) is 2.13. The Labute approximate surface area is 120 Å². The highest BCUT2D eigenvalue weighted by atomic mass is 16.1. The lowest BCUT2D eigenvalue weighted by atomic mass is 9.83. The monoisotopic (exact) mass is 270 g/mol. The Morgan fingerprint density at radius 2 is 1.60 bits per heavy atom. The van der Waals surface area contributed by atoms with Gasteiger partial charge in [0.25, 0.3) is 5.56 Å². The van der Waals surface area contributed by atoms with Crippen LogP contribution in [0, 0.1) is 0 Å². The lowest BCUT2D eigenvalue weighted by molar-refractivity contribution is 0.531. The summed E-state index contributed by atoms with van der Waals surface area (Å²) in [4.78, 5) is 19.5. The van der Waals surface area contributed by atoms with Crippen molar-refractivity contribution >= 4 is 0 Å². The number of hydrogen-bond acceptors (Lipinski definition) is 2. The van der Waals surface area contributed by atoms with Crippen LogP contribution in [0.2, 0.25) is 0 Å². The van der Waals surface area contributed by atoms with Gasteiger partial charge in [0.15, 0.2) is 0 Å². The molecule has 1 N–H and O–H groups in total. The first-order valence-electron chi connectivity index (χ1n) is 6.89. The van der Waals surface area contributed by atoms with Gasteiger partial charge in [-0.1, -0.05) is 51.1 Å². The number of aromatic nitrogens is 2. The van der Waals surface area contributed by atoms with E-state index in [1.807, 2.05) is 18.2 Å². The molecule has 0 atom stereocenters. The minimum absolute atomic E-state index is 0.0936. The van der Waals surface area contributed by atoms with Gasteiger partial charge >= 0.3 is 0 Å². The van der Waals surface area contributed by atoms with Gasteiger partial charge in [0.1, 0.15) is 5.82 Å². The van der Waals surface area contributed by atoms with Crippen molar-refractivity contribution in [1.82, 2.24) is 9.97 Å². The van der Waals surface area contributed by atoms with Gasteiger partial charge in [-0.3, -0.25) is 4.79 Å². The highest BCUT2D eigenvalue weighted by Crippen LogP contribution is 2.29. The van der Waals surface area contributed by atoms with E-state index in [1.165, 1.54) is 0 Å². The van der Waals surface area contributed by atoms with Crippen LogP contribution in [-0.4, -0.2) is 9.97 Å². The van der Waals surface area contributed by atoms with Crippen LogP contribution in [0.15, 0.2) is 41.2 Å². The zero-order valence-electron chi connectivity index (χ0n) is 12.8. The van der Waals surface area contributed by atoms with Crippen molar-refractivity contribution in [2.75, 3.05) is 0 Å². The average Bonchev–Trinajstić information content (AvgIpc) is 2.38. The number of nitrogens with zero attached hydrogens (tertiary/aromatic N) is 1. The molecular formula is C17H22N2O. The van der Waals surface area contributed by atoms with Gasteiger partial charge in [-0.2, -0.15) is 0 Å². The second-order valence-corrected chi connectivity index (χ2v) is 6.72. The van der Waals surface area contributed by atoms with Gasteiger partial charge in [-0.25, -0.2) is 4.98 Å². The Bertz CT molecular complexity index is 649. The summed E-state index contributed by atoms with van der Waals surface area (Å²) < 4.78 is 0. The summed E-state index contributed by atoms with van der Waals surface area (Å²) in [6.45, 7) is 10.3. The smallest absolute Gasteiger partial charge is 0.251 e. The zero-order valence-corrected chi connectivity index (χ0v) is 12.8. The second-order valence-electron chi connectivity index (χ2n) is 6.72. The summed E-state index contributed by atoms with van der Waals surface area (Å²) >= 11 is 0. The van der Waals surface area contributed by atoms with E-state index >= 15 is 0 Å². The molecule has 20 heavy (non-hydrogen) atoms. The SMILES string of the molecule is CC(C)(C)c1cc(=O)[nH]c(C(C)(C)c2ccccc2)n1. The number of H-pyrrole nitrogens is 1. The Hall–Kier alpha value is -1.90. The highest BCUT2D eigenvalue weighted by molar-refractivity contribution is 5.31. The molecule has 0 aliphatic carbocycles. The molecule has 0 bridgehead atoms. The third-order valence-electron chi connectivity index (χ3n) is 3.60. The van der Waals surface area contributed by atoms with Crippen LogP contribution < -0.4 is 5.56 Å². The number of nitrogens with one attached hydrogen (secondary N) is 1. The van der Waals surface area contributed by atoms with Crippen LogP contribution in [0.25, 0.3) is 0 Å². The molecule has 1 aromatic carbocycles. The molecule has 3 heteroatoms. The van der Waals surface area contributed by atoms with Gasteiger partial charge in [-0.15, -0.1) is 0 Å². The standard InChI is InChI=1S/C17H22N2O/c1-16(2,3)13-11-14(20)19-15(18-13)17(4,5)12-9-7-6-8-10-12/h6-11H,1-5H3,(H,18,19,20). The van der Waals surface area contributed by atoms with Gasteiger partial charge in [0.2, 0.25) is 0 Å². The first kappa shape index (κ1) is 14.5. The Kier molecular flexibility index (Phi) is 3.55. The van der Waals surface area contributed by atoms with Crippen molar-refractivity contribution in [1.29, 1.82) is 0 Å². The summed E-state index contributed by atoms with van der Waals surface area (Å²) in [5.41, 5.74) is 1.38. The molecule has 3 nitrogen and oxygen atoms in total. The summed E-state index contributed by atoms with van der Waals surface area (Å²) in [5, 5.41) is 0. The van der Waals surface area contributed by atoms with Crippen molar-refractivity contribution < 1.29 is 0 Å². The van der Waals surface area contributed by atoms with Crippen molar-refractivity contribution in [3.05, 3.63) is 63.8 Å². The van der Waals surface area contributed by atoms with Crippen molar-refractivity contribution in [3.63, 3.8) is 0 Å². The van der Waals surface area contributed by atoms with E-state index in [0.717, 1.165) is 11.3 Å². The predicted molar refractivity (Wildman–Crippen MR) is 82.1 cm³/mol. The lowest BCUT2D eigenvalue weighted by Crippen LogP contribution is -2.29. The molecule has 0 saturated carbocycles. The molecule has 0 aliphatic heterocycles. The van der Waals surface area contributed by atoms with Crippen LogP contribution in [0.1, 0.15) is 51.7 Å². The van der Waals surface area contributed by atoms with Crippen LogP contribution in [0.4, 0.5) is 0 Å². The molecular weight excluding hydrogens is 248 g/mol. The van der Waals surface area contributed by atoms with Gasteiger partial charge in [-0.05, 0) is 19.4 Å². The minimum Gasteiger partial charge on any atom is -0.310 e. The quantitative estimate of drug-likeness (QED) is 0.909. The fourth-order valence-corrected chi connectivity index (χ4v) is 2.13. The molecule has 0 fully saturated rings. The van der Waals surface area contributed by atoms with E-state index in [1.54, 1.807) is 6.07 Å². The fraction of sp³-hybridized carbons (Fsp3) is 0.412. The van der Waals surface area contributed by atoms with E-state index in [9.17, 15) is 4.79 Å². The maximum Gasteiger partial charge on any atom is 0.251 e. The molecule has 2 rings (SSSR count). The van der Waals surface area contributed by atoms with Gasteiger partial charge < -0.3 is 4.98 Å². The second kappa shape index (κ2) is 4.89. The Morgan fingerprint density at radius 3 is 2.15 bits per heavy atom. The molecule has 0 radical (unpaired) electrons. The topological polar surface area (TPSA) is 45.8 Å². The zero-order chi connectivity index (χ0) is 15.0. The number of rotatable bonds is 2. The molecule has 0 amide bonds. The van der Waals surface area contributed by atoms with Gasteiger partial charge in [0.05, 0.1) is 5.69 Å². The van der Waals surface area contributed by atoms with E-state index in [0.29, 0.717) is 5.82 Å². The summed E-state index contributed by atoms with van der Waals surface area (Å²) in [7, 11) is 0. The van der Waals surface area contributed by atoms with Gasteiger partial charge in [0, 0.05) is 16.9 Å². The Balaban J connectivity index is 2.58. The maximum atomic E-state index is 11.9. The molecule has 1 heterocycles. The summed E-state index contributed by atoms with van der Waals surface area (Å²) in [5.74, 6) is 0.709. The van der Waals surface area contributed by atoms with Crippen molar-refractivity contribution in [2.24, 2.45) is 0 Å². The molecule has 0 aliphatic rings. The van der Waals surface area contributed by atoms with E-state index < -0.39 is 0 Å². The summed E-state index contributed by atoms with van der Waals surface area (Å²) in [6, 6.07) is 11.7. The number of aromatic amines is 1. The van der Waals surface area contributed by atoms with Crippen molar-refractivity contribution in [2.45, 2.75) is 45.4 Å². The van der Waals surface area contributed by atoms with E-state index in [4.69, 9.17) is 4.98 Å². The van der Waals surface area contributed by atoms with E-state index in [-0.39, 0.29) is 16.4 Å². The predicted octanol–water partition coefficient (Wildman–Crippen LogP) is 3.39. The molecule has 0 spiro atoms. The molecule has 2 aromatic rings. The maximum absolute atomic E-state index is 11.9. The van der Waals surface area contributed by atoms with E-state index in [2.05, 4.69) is 51.7 Å². The molecule has 0 unspecified atom stereocenters. The molecule has 0 saturated heterocycles. The van der Waals surface area contributed by atoms with Crippen LogP contribution in [-0.2, 0) is 10.8 Å². The summed E-state index contributed by atoms with van der Waals surface area (Å²) in [6.07, 6.45) is 0. The first-order chi connectivity index (χ1) is 9.21. The average molecular weight is 270 g/mol. The van der Waals surface area contributed by atoms with Crippen LogP contribution in [0.3, 0.4) is 0 Å². The number of benzene rings is 1. The molecule has 1 aromatic heterocycles. The largest absolute Gasteiger partial charge is 0.310 e. The third-order valence-corrected chi connectivity index (χ3v) is 3.60. The third kappa shape index (κ3) is 2.82. The Morgan fingerprint density at radius 1 is 1.00 bits per heavy atom. The van der Waals surface area contributed by atoms with Crippen LogP contribution >= 0.6 is 0 Å². The van der Waals surface area contributed by atoms with Crippen LogP contribution in [0.5, 0.6) is 0 Å². The normalized spacial score (nSPS) is 12.4. The lowest BCUT2D eigenvalue weighted by Gasteiger charge is -2.26. The van der Waals surface area contributed by atoms with Crippen molar-refractivity contribution in [3.8, 4) is 0 Å². The minimum atomic E-state index is -0.332.